The molecule has 5 heteroatoms. The molecule has 0 spiro atoms. The standard InChI is InChI=1S/C13H17ClN2OS/c14-9-7-12(17)16(8-9)13-15-10-5-3-1-2-4-6-11(10)18-13/h9H,1-8H2. The van der Waals surface area contributed by atoms with E-state index >= 15 is 0 Å². The lowest BCUT2D eigenvalue weighted by Crippen LogP contribution is -2.24. The van der Waals surface area contributed by atoms with Crippen LogP contribution >= 0.6 is 22.9 Å². The van der Waals surface area contributed by atoms with Crippen molar-refractivity contribution in [3.63, 3.8) is 0 Å². The summed E-state index contributed by atoms with van der Waals surface area (Å²) in [5, 5.41) is 0.819. The van der Waals surface area contributed by atoms with Crippen LogP contribution in [0, 0.1) is 0 Å². The van der Waals surface area contributed by atoms with E-state index in [2.05, 4.69) is 4.98 Å². The Balaban J connectivity index is 1.85. The molecular formula is C13H17ClN2OS. The summed E-state index contributed by atoms with van der Waals surface area (Å²) in [5.41, 5.74) is 1.22. The van der Waals surface area contributed by atoms with E-state index in [9.17, 15) is 4.79 Å². The predicted octanol–water partition coefficient (Wildman–Crippen LogP) is 3.15. The molecule has 1 aromatic rings. The largest absolute Gasteiger partial charge is 0.287 e. The average molecular weight is 285 g/mol. The van der Waals surface area contributed by atoms with Crippen molar-refractivity contribution in [1.82, 2.24) is 4.98 Å². The first-order valence-corrected chi connectivity index (χ1v) is 7.92. The van der Waals surface area contributed by atoms with Crippen molar-refractivity contribution in [3.05, 3.63) is 10.6 Å². The highest BCUT2D eigenvalue weighted by atomic mass is 35.5. The van der Waals surface area contributed by atoms with Crippen molar-refractivity contribution in [2.75, 3.05) is 11.4 Å². The number of hydrogen-bond acceptors (Lipinski definition) is 3. The molecule has 1 aliphatic carbocycles. The summed E-state index contributed by atoms with van der Waals surface area (Å²) in [5.74, 6) is 0.122. The molecule has 3 rings (SSSR count). The van der Waals surface area contributed by atoms with E-state index in [1.807, 2.05) is 0 Å². The van der Waals surface area contributed by atoms with Crippen LogP contribution < -0.4 is 4.90 Å². The number of hydrogen-bond donors (Lipinski definition) is 0. The molecule has 1 atom stereocenters. The predicted molar refractivity (Wildman–Crippen MR) is 74.6 cm³/mol. The van der Waals surface area contributed by atoms with Gasteiger partial charge in [-0.3, -0.25) is 9.69 Å². The summed E-state index contributed by atoms with van der Waals surface area (Å²) >= 11 is 7.74. The molecule has 1 amide bonds. The topological polar surface area (TPSA) is 33.2 Å². The fraction of sp³-hybridized carbons (Fsp3) is 0.692. The van der Waals surface area contributed by atoms with Crippen LogP contribution in [0.25, 0.3) is 0 Å². The third-order valence-corrected chi connectivity index (χ3v) is 5.12. The summed E-state index contributed by atoms with van der Waals surface area (Å²) in [6.45, 7) is 0.618. The number of halogens is 1. The Bertz CT molecular complexity index is 434. The Labute approximate surface area is 116 Å². The second-order valence-corrected chi connectivity index (χ2v) is 6.77. The Hall–Kier alpha value is -0.610. The van der Waals surface area contributed by atoms with E-state index in [0.29, 0.717) is 13.0 Å². The van der Waals surface area contributed by atoms with Crippen molar-refractivity contribution in [3.8, 4) is 0 Å². The Morgan fingerprint density at radius 2 is 2.00 bits per heavy atom. The van der Waals surface area contributed by atoms with E-state index < -0.39 is 0 Å². The Morgan fingerprint density at radius 1 is 1.22 bits per heavy atom. The maximum atomic E-state index is 11.8. The molecule has 0 bridgehead atoms. The minimum Gasteiger partial charge on any atom is -0.287 e. The lowest BCUT2D eigenvalue weighted by molar-refractivity contribution is -0.117. The van der Waals surface area contributed by atoms with Crippen LogP contribution in [0.3, 0.4) is 0 Å². The van der Waals surface area contributed by atoms with Crippen molar-refractivity contribution in [2.45, 2.75) is 50.3 Å². The number of amides is 1. The summed E-state index contributed by atoms with van der Waals surface area (Å²) < 4.78 is 0. The molecule has 1 unspecified atom stereocenters. The number of fused-ring (bicyclic) bond motifs is 1. The van der Waals surface area contributed by atoms with Gasteiger partial charge in [-0.2, -0.15) is 0 Å². The number of alkyl halides is 1. The number of aromatic nitrogens is 1. The fourth-order valence-electron chi connectivity index (χ4n) is 2.66. The molecule has 98 valence electrons. The molecule has 0 aromatic carbocycles. The lowest BCUT2D eigenvalue weighted by Gasteiger charge is -2.10. The molecule has 2 heterocycles. The monoisotopic (exact) mass is 284 g/mol. The van der Waals surface area contributed by atoms with Crippen LogP contribution in [0.4, 0.5) is 5.13 Å². The van der Waals surface area contributed by atoms with Crippen molar-refractivity contribution in [1.29, 1.82) is 0 Å². The number of anilines is 1. The Morgan fingerprint density at radius 3 is 2.72 bits per heavy atom. The van der Waals surface area contributed by atoms with Gasteiger partial charge in [0.2, 0.25) is 5.91 Å². The molecule has 2 aliphatic rings. The average Bonchev–Trinajstić information content (AvgIpc) is 2.82. The van der Waals surface area contributed by atoms with Gasteiger partial charge in [-0.15, -0.1) is 22.9 Å². The van der Waals surface area contributed by atoms with Crippen LogP contribution in [0.1, 0.15) is 42.7 Å². The molecule has 0 radical (unpaired) electrons. The van der Waals surface area contributed by atoms with Crippen LogP contribution in [0.15, 0.2) is 0 Å². The number of aryl methyl sites for hydroxylation is 2. The third kappa shape index (κ3) is 2.41. The SMILES string of the molecule is O=C1CC(Cl)CN1c1nc2c(s1)CCCCCC2. The first-order valence-electron chi connectivity index (χ1n) is 6.67. The maximum absolute atomic E-state index is 11.8. The minimum absolute atomic E-state index is 0.0519. The smallest absolute Gasteiger partial charge is 0.230 e. The van der Waals surface area contributed by atoms with Gasteiger partial charge in [-0.05, 0) is 25.7 Å². The van der Waals surface area contributed by atoms with E-state index in [4.69, 9.17) is 11.6 Å². The summed E-state index contributed by atoms with van der Waals surface area (Å²) in [4.78, 5) is 19.7. The van der Waals surface area contributed by atoms with Crippen LogP contribution in [-0.2, 0) is 17.6 Å². The zero-order valence-electron chi connectivity index (χ0n) is 10.3. The molecule has 1 aliphatic heterocycles. The van der Waals surface area contributed by atoms with E-state index in [-0.39, 0.29) is 11.3 Å². The van der Waals surface area contributed by atoms with Crippen LogP contribution in [0.2, 0.25) is 0 Å². The second-order valence-electron chi connectivity index (χ2n) is 5.09. The molecule has 1 fully saturated rings. The number of carbonyl (C=O) groups excluding carboxylic acids is 1. The van der Waals surface area contributed by atoms with Gasteiger partial charge in [0.15, 0.2) is 5.13 Å². The highest BCUT2D eigenvalue weighted by Crippen LogP contribution is 2.33. The Kier molecular flexibility index (Phi) is 3.57. The molecule has 0 N–H and O–H groups in total. The quantitative estimate of drug-likeness (QED) is 0.742. The van der Waals surface area contributed by atoms with Gasteiger partial charge in [0.1, 0.15) is 0 Å². The van der Waals surface area contributed by atoms with Crippen molar-refractivity contribution in [2.24, 2.45) is 0 Å². The molecule has 0 saturated carbocycles. The molecule has 18 heavy (non-hydrogen) atoms. The van der Waals surface area contributed by atoms with Gasteiger partial charge < -0.3 is 0 Å². The van der Waals surface area contributed by atoms with Gasteiger partial charge in [0.25, 0.3) is 0 Å². The zero-order chi connectivity index (χ0) is 12.5. The summed E-state index contributed by atoms with van der Waals surface area (Å²) in [7, 11) is 0. The zero-order valence-corrected chi connectivity index (χ0v) is 11.9. The van der Waals surface area contributed by atoms with Crippen LogP contribution in [-0.4, -0.2) is 22.8 Å². The highest BCUT2D eigenvalue weighted by molar-refractivity contribution is 7.16. The minimum atomic E-state index is -0.0519. The van der Waals surface area contributed by atoms with Gasteiger partial charge in [0, 0.05) is 17.8 Å². The van der Waals surface area contributed by atoms with E-state index in [1.165, 1.54) is 36.3 Å². The van der Waals surface area contributed by atoms with Gasteiger partial charge in [-0.25, -0.2) is 4.98 Å². The molecule has 3 nitrogen and oxygen atoms in total. The molecule has 1 saturated heterocycles. The highest BCUT2D eigenvalue weighted by Gasteiger charge is 2.31. The molecular weight excluding hydrogens is 268 g/mol. The fourth-order valence-corrected chi connectivity index (χ4v) is 4.10. The third-order valence-electron chi connectivity index (χ3n) is 3.64. The van der Waals surface area contributed by atoms with E-state index in [1.54, 1.807) is 16.2 Å². The number of thiazole rings is 1. The number of carbonyl (C=O) groups is 1. The first kappa shape index (κ1) is 12.4. The molecule has 1 aromatic heterocycles. The van der Waals surface area contributed by atoms with Crippen LogP contribution in [0.5, 0.6) is 0 Å². The van der Waals surface area contributed by atoms with Crippen molar-refractivity contribution >= 4 is 34.0 Å². The number of nitrogens with zero attached hydrogens (tertiary/aromatic N) is 2. The van der Waals surface area contributed by atoms with Gasteiger partial charge in [0.05, 0.1) is 11.1 Å². The maximum Gasteiger partial charge on any atom is 0.230 e. The van der Waals surface area contributed by atoms with Gasteiger partial charge in [-0.1, -0.05) is 12.8 Å². The summed E-state index contributed by atoms with van der Waals surface area (Å²) in [6, 6.07) is 0. The van der Waals surface area contributed by atoms with E-state index in [0.717, 1.165) is 18.0 Å². The van der Waals surface area contributed by atoms with Gasteiger partial charge >= 0.3 is 0 Å². The number of rotatable bonds is 1. The normalized spacial score (nSPS) is 24.8. The lowest BCUT2D eigenvalue weighted by atomic mass is 10.0. The first-order chi connectivity index (χ1) is 8.74. The second kappa shape index (κ2) is 5.17. The van der Waals surface area contributed by atoms with Crippen molar-refractivity contribution < 1.29 is 4.79 Å². The summed E-state index contributed by atoms with van der Waals surface area (Å²) in [6.07, 6.45) is 7.74.